The maximum atomic E-state index is 13.9. The maximum absolute atomic E-state index is 13.9. The Balaban J connectivity index is 1.52. The number of anilines is 2. The van der Waals surface area contributed by atoms with Crippen LogP contribution in [-0.4, -0.2) is 18.9 Å². The third-order valence-corrected chi connectivity index (χ3v) is 6.75. The number of methoxy groups -OCH3 is 1. The Bertz CT molecular complexity index is 1370. The molecule has 0 aliphatic rings. The molecule has 8 heteroatoms. The van der Waals surface area contributed by atoms with Crippen molar-refractivity contribution in [2.24, 2.45) is 0 Å². The Hall–Kier alpha value is -3.81. The number of benzene rings is 4. The Morgan fingerprint density at radius 3 is 2.28 bits per heavy atom. The first-order chi connectivity index (χ1) is 17.4. The topological polar surface area (TPSA) is 67.4 Å². The quantitative estimate of drug-likeness (QED) is 0.241. The predicted molar refractivity (Wildman–Crippen MR) is 142 cm³/mol. The molecule has 1 unspecified atom stereocenters. The molecule has 182 valence electrons. The SMILES string of the molecule is COc1ccc(Cl)cc1NC(=O)C(Sc1ccc(NC(=O)c2ccccc2F)cc1)c1ccccc1. The normalized spacial score (nSPS) is 11.4. The van der Waals surface area contributed by atoms with E-state index in [9.17, 15) is 14.0 Å². The highest BCUT2D eigenvalue weighted by Crippen LogP contribution is 2.38. The average molecular weight is 521 g/mol. The summed E-state index contributed by atoms with van der Waals surface area (Å²) in [4.78, 5) is 26.6. The summed E-state index contributed by atoms with van der Waals surface area (Å²) in [6.07, 6.45) is 0. The van der Waals surface area contributed by atoms with Crippen LogP contribution in [0.5, 0.6) is 5.75 Å². The Labute approximate surface area is 217 Å². The third-order valence-electron chi connectivity index (χ3n) is 5.24. The molecule has 4 rings (SSSR count). The molecule has 0 spiro atoms. The zero-order chi connectivity index (χ0) is 25.5. The molecule has 0 bridgehead atoms. The van der Waals surface area contributed by atoms with Crippen LogP contribution in [0.4, 0.5) is 15.8 Å². The lowest BCUT2D eigenvalue weighted by Crippen LogP contribution is -2.19. The van der Waals surface area contributed by atoms with Crippen molar-refractivity contribution >= 4 is 46.6 Å². The van der Waals surface area contributed by atoms with E-state index in [0.717, 1.165) is 10.5 Å². The number of ether oxygens (including phenoxy) is 1. The van der Waals surface area contributed by atoms with Crippen LogP contribution in [0.2, 0.25) is 5.02 Å². The summed E-state index contributed by atoms with van der Waals surface area (Å²) >= 11 is 7.47. The number of nitrogens with one attached hydrogen (secondary N) is 2. The number of hydrogen-bond donors (Lipinski definition) is 2. The second kappa shape index (κ2) is 11.7. The molecule has 1 atom stereocenters. The van der Waals surface area contributed by atoms with Crippen LogP contribution in [0.1, 0.15) is 21.2 Å². The van der Waals surface area contributed by atoms with Gasteiger partial charge >= 0.3 is 0 Å². The van der Waals surface area contributed by atoms with E-state index in [1.807, 2.05) is 30.3 Å². The van der Waals surface area contributed by atoms with Crippen molar-refractivity contribution in [2.75, 3.05) is 17.7 Å². The molecule has 5 nitrogen and oxygen atoms in total. The van der Waals surface area contributed by atoms with Crippen LogP contribution in [0, 0.1) is 5.82 Å². The molecule has 0 aromatic heterocycles. The van der Waals surface area contributed by atoms with Gasteiger partial charge in [-0.3, -0.25) is 9.59 Å². The summed E-state index contributed by atoms with van der Waals surface area (Å²) in [5.74, 6) is -0.871. The van der Waals surface area contributed by atoms with Crippen molar-refractivity contribution < 1.29 is 18.7 Å². The second-order valence-electron chi connectivity index (χ2n) is 7.70. The minimum absolute atomic E-state index is 0.0341. The van der Waals surface area contributed by atoms with Gasteiger partial charge in [0.15, 0.2) is 0 Å². The molecule has 0 heterocycles. The summed E-state index contributed by atoms with van der Waals surface area (Å²) in [5.41, 5.74) is 1.77. The standard InChI is InChI=1S/C28H22ClFN2O3S/c1-35-25-16-11-19(29)17-24(25)32-28(34)26(18-7-3-2-4-8-18)36-21-14-12-20(13-15-21)31-27(33)22-9-5-6-10-23(22)30/h2-17,26H,1H3,(H,31,33)(H,32,34). The zero-order valence-corrected chi connectivity index (χ0v) is 20.8. The summed E-state index contributed by atoms with van der Waals surface area (Å²) < 4.78 is 19.2. The second-order valence-corrected chi connectivity index (χ2v) is 9.32. The van der Waals surface area contributed by atoms with Crippen LogP contribution < -0.4 is 15.4 Å². The summed E-state index contributed by atoms with van der Waals surface area (Å²) in [6, 6.07) is 27.2. The molecule has 0 radical (unpaired) electrons. The van der Waals surface area contributed by atoms with Gasteiger partial charge in [-0.15, -0.1) is 11.8 Å². The number of thioether (sulfide) groups is 1. The van der Waals surface area contributed by atoms with Gasteiger partial charge < -0.3 is 15.4 Å². The fourth-order valence-corrected chi connectivity index (χ4v) is 4.67. The van der Waals surface area contributed by atoms with Gasteiger partial charge in [0, 0.05) is 15.6 Å². The van der Waals surface area contributed by atoms with Crippen LogP contribution in [0.3, 0.4) is 0 Å². The van der Waals surface area contributed by atoms with Crippen LogP contribution in [-0.2, 0) is 4.79 Å². The summed E-state index contributed by atoms with van der Waals surface area (Å²) in [5, 5.41) is 5.51. The summed E-state index contributed by atoms with van der Waals surface area (Å²) in [7, 11) is 1.52. The smallest absolute Gasteiger partial charge is 0.258 e. The average Bonchev–Trinajstić information content (AvgIpc) is 2.89. The minimum Gasteiger partial charge on any atom is -0.495 e. The highest BCUT2D eigenvalue weighted by atomic mass is 35.5. The number of carbonyl (C=O) groups excluding carboxylic acids is 2. The maximum Gasteiger partial charge on any atom is 0.258 e. The van der Waals surface area contributed by atoms with Crippen molar-refractivity contribution in [3.63, 3.8) is 0 Å². The lowest BCUT2D eigenvalue weighted by Gasteiger charge is -2.18. The van der Waals surface area contributed by atoms with E-state index in [4.69, 9.17) is 16.3 Å². The van der Waals surface area contributed by atoms with Gasteiger partial charge in [-0.05, 0) is 60.2 Å². The van der Waals surface area contributed by atoms with Gasteiger partial charge in [-0.25, -0.2) is 4.39 Å². The lowest BCUT2D eigenvalue weighted by atomic mass is 10.1. The van der Waals surface area contributed by atoms with Crippen molar-refractivity contribution in [3.05, 3.63) is 119 Å². The number of amides is 2. The van der Waals surface area contributed by atoms with Crippen LogP contribution >= 0.6 is 23.4 Å². The molecule has 0 saturated heterocycles. The fourth-order valence-electron chi connectivity index (χ4n) is 3.47. The lowest BCUT2D eigenvalue weighted by molar-refractivity contribution is -0.115. The number of rotatable bonds is 8. The van der Waals surface area contributed by atoms with E-state index in [1.165, 1.54) is 37.1 Å². The van der Waals surface area contributed by atoms with Gasteiger partial charge in [0.1, 0.15) is 16.8 Å². The first-order valence-corrected chi connectivity index (χ1v) is 12.2. The van der Waals surface area contributed by atoms with E-state index in [0.29, 0.717) is 22.1 Å². The van der Waals surface area contributed by atoms with Crippen molar-refractivity contribution in [1.29, 1.82) is 0 Å². The third kappa shape index (κ3) is 6.24. The molecule has 2 amide bonds. The first kappa shape index (κ1) is 25.3. The molecular formula is C28H22ClFN2O3S. The fraction of sp³-hybridized carbons (Fsp3) is 0.0714. The zero-order valence-electron chi connectivity index (χ0n) is 19.2. The number of hydrogen-bond acceptors (Lipinski definition) is 4. The highest BCUT2D eigenvalue weighted by Gasteiger charge is 2.23. The van der Waals surface area contributed by atoms with E-state index >= 15 is 0 Å². The number of carbonyl (C=O) groups is 2. The van der Waals surface area contributed by atoms with E-state index in [2.05, 4.69) is 10.6 Å². The van der Waals surface area contributed by atoms with Crippen LogP contribution in [0.15, 0.2) is 102 Å². The molecule has 0 aliphatic carbocycles. The highest BCUT2D eigenvalue weighted by molar-refractivity contribution is 8.00. The minimum atomic E-state index is -0.588. The number of halogens is 2. The van der Waals surface area contributed by atoms with E-state index in [-0.39, 0.29) is 11.5 Å². The van der Waals surface area contributed by atoms with E-state index in [1.54, 1.807) is 48.5 Å². The molecule has 36 heavy (non-hydrogen) atoms. The van der Waals surface area contributed by atoms with Crippen molar-refractivity contribution in [3.8, 4) is 5.75 Å². The molecule has 0 saturated carbocycles. The first-order valence-electron chi connectivity index (χ1n) is 11.0. The van der Waals surface area contributed by atoms with Crippen molar-refractivity contribution in [1.82, 2.24) is 0 Å². The van der Waals surface area contributed by atoms with Gasteiger partial charge in [-0.2, -0.15) is 0 Å². The molecule has 4 aromatic carbocycles. The largest absolute Gasteiger partial charge is 0.495 e. The molecule has 2 N–H and O–H groups in total. The Morgan fingerprint density at radius 1 is 0.889 bits per heavy atom. The molecular weight excluding hydrogens is 499 g/mol. The van der Waals surface area contributed by atoms with Gasteiger partial charge in [-0.1, -0.05) is 54.1 Å². The van der Waals surface area contributed by atoms with Crippen LogP contribution in [0.25, 0.3) is 0 Å². The van der Waals surface area contributed by atoms with Gasteiger partial charge in [0.2, 0.25) is 5.91 Å². The van der Waals surface area contributed by atoms with E-state index < -0.39 is 17.0 Å². The molecule has 4 aromatic rings. The van der Waals surface area contributed by atoms with Gasteiger partial charge in [0.05, 0.1) is 18.4 Å². The Morgan fingerprint density at radius 2 is 1.58 bits per heavy atom. The predicted octanol–water partition coefficient (Wildman–Crippen LogP) is 7.21. The monoisotopic (exact) mass is 520 g/mol. The van der Waals surface area contributed by atoms with Gasteiger partial charge in [0.25, 0.3) is 5.91 Å². The molecule has 0 aliphatic heterocycles. The summed E-state index contributed by atoms with van der Waals surface area (Å²) in [6.45, 7) is 0. The molecule has 0 fully saturated rings. The Kier molecular flexibility index (Phi) is 8.25. The van der Waals surface area contributed by atoms with Crippen molar-refractivity contribution in [2.45, 2.75) is 10.1 Å².